The van der Waals surface area contributed by atoms with Crippen molar-refractivity contribution < 1.29 is 18.3 Å². The van der Waals surface area contributed by atoms with Crippen molar-refractivity contribution in [3.8, 4) is 5.69 Å². The van der Waals surface area contributed by atoms with Gasteiger partial charge in [0.15, 0.2) is 5.65 Å². The zero-order chi connectivity index (χ0) is 21.8. The Balaban J connectivity index is 1.45. The van der Waals surface area contributed by atoms with Crippen LogP contribution in [0.4, 0.5) is 19.0 Å². The molecule has 0 spiro atoms. The molecule has 1 N–H and O–H groups in total. The summed E-state index contributed by atoms with van der Waals surface area (Å²) in [4.78, 5) is 12.7. The fourth-order valence-electron chi connectivity index (χ4n) is 4.38. The Morgan fingerprint density at radius 2 is 1.87 bits per heavy atom. The molecule has 0 atom stereocenters. The summed E-state index contributed by atoms with van der Waals surface area (Å²) >= 11 is 6.14. The number of anilines is 1. The second kappa shape index (κ2) is 7.32. The van der Waals surface area contributed by atoms with Crippen molar-refractivity contribution in [3.63, 3.8) is 0 Å². The Bertz CT molecular complexity index is 1120. The topological polar surface area (TPSA) is 70.3 Å². The molecule has 2 aromatic heterocycles. The van der Waals surface area contributed by atoms with Gasteiger partial charge in [-0.15, -0.1) is 0 Å². The number of alkyl halides is 3. The summed E-state index contributed by atoms with van der Waals surface area (Å²) in [6.45, 7) is 3.38. The molecule has 0 bridgehead atoms. The highest BCUT2D eigenvalue weighted by atomic mass is 35.5. The predicted octanol–water partition coefficient (Wildman–Crippen LogP) is 3.13. The number of aromatic nitrogens is 4. The fourth-order valence-corrected chi connectivity index (χ4v) is 4.54. The molecule has 164 valence electrons. The maximum absolute atomic E-state index is 13.1. The molecule has 4 heterocycles. The Labute approximate surface area is 181 Å². The first-order valence-electron chi connectivity index (χ1n) is 10.0. The van der Waals surface area contributed by atoms with Crippen LogP contribution in [0.15, 0.2) is 30.5 Å². The van der Waals surface area contributed by atoms with Gasteiger partial charge in [-0.2, -0.15) is 28.2 Å². The summed E-state index contributed by atoms with van der Waals surface area (Å²) in [6, 6.07) is 4.86. The third kappa shape index (κ3) is 3.83. The minimum Gasteiger partial charge on any atom is -0.385 e. The summed E-state index contributed by atoms with van der Waals surface area (Å²) in [5.41, 5.74) is -1.07. The third-order valence-electron chi connectivity index (χ3n) is 5.79. The molecule has 5 rings (SSSR count). The minimum atomic E-state index is -4.46. The second-order valence-corrected chi connectivity index (χ2v) is 8.56. The van der Waals surface area contributed by atoms with Crippen molar-refractivity contribution in [1.29, 1.82) is 0 Å². The van der Waals surface area contributed by atoms with Gasteiger partial charge in [-0.05, 0) is 55.7 Å². The molecular formula is C20H20ClF3N6O. The molecule has 2 aliphatic rings. The van der Waals surface area contributed by atoms with E-state index in [4.69, 9.17) is 11.6 Å². The van der Waals surface area contributed by atoms with Gasteiger partial charge in [0.25, 0.3) is 0 Å². The van der Waals surface area contributed by atoms with Crippen LogP contribution in [0.25, 0.3) is 16.7 Å². The largest absolute Gasteiger partial charge is 0.416 e. The number of hydrogen-bond acceptors (Lipinski definition) is 6. The first-order valence-corrected chi connectivity index (χ1v) is 10.4. The zero-order valence-corrected chi connectivity index (χ0v) is 17.2. The van der Waals surface area contributed by atoms with E-state index < -0.39 is 17.3 Å². The average molecular weight is 453 g/mol. The summed E-state index contributed by atoms with van der Waals surface area (Å²) in [7, 11) is 0. The molecule has 2 fully saturated rings. The molecule has 31 heavy (non-hydrogen) atoms. The molecule has 1 aromatic carbocycles. The van der Waals surface area contributed by atoms with Gasteiger partial charge in [-0.3, -0.25) is 0 Å². The van der Waals surface area contributed by atoms with E-state index in [1.165, 1.54) is 23.0 Å². The number of likely N-dealkylation sites (tertiary alicyclic amines) is 1. The molecule has 2 aliphatic heterocycles. The average Bonchev–Trinajstić information content (AvgIpc) is 3.34. The van der Waals surface area contributed by atoms with Crippen LogP contribution in [-0.2, 0) is 6.18 Å². The highest BCUT2D eigenvalue weighted by Gasteiger charge is 2.44. The van der Waals surface area contributed by atoms with Crippen molar-refractivity contribution in [2.45, 2.75) is 24.6 Å². The number of nitrogens with zero attached hydrogens (tertiary/aromatic N) is 6. The van der Waals surface area contributed by atoms with Crippen molar-refractivity contribution in [1.82, 2.24) is 24.6 Å². The lowest BCUT2D eigenvalue weighted by Crippen LogP contribution is -2.66. The molecule has 0 radical (unpaired) electrons. The molecule has 7 nitrogen and oxygen atoms in total. The van der Waals surface area contributed by atoms with E-state index in [-0.39, 0.29) is 11.0 Å². The van der Waals surface area contributed by atoms with Crippen LogP contribution in [-0.4, -0.2) is 68.1 Å². The molecule has 0 amide bonds. The smallest absolute Gasteiger partial charge is 0.385 e. The van der Waals surface area contributed by atoms with Gasteiger partial charge in [0.2, 0.25) is 5.28 Å². The van der Waals surface area contributed by atoms with E-state index in [1.54, 1.807) is 0 Å². The number of fused-ring (bicyclic) bond motifs is 1. The van der Waals surface area contributed by atoms with E-state index in [9.17, 15) is 18.3 Å². The van der Waals surface area contributed by atoms with Crippen molar-refractivity contribution in [3.05, 3.63) is 41.3 Å². The van der Waals surface area contributed by atoms with Crippen molar-refractivity contribution in [2.24, 2.45) is 0 Å². The van der Waals surface area contributed by atoms with Gasteiger partial charge in [0, 0.05) is 6.54 Å². The Morgan fingerprint density at radius 1 is 1.13 bits per heavy atom. The lowest BCUT2D eigenvalue weighted by atomic mass is 9.93. The number of aliphatic hydroxyl groups is 1. The van der Waals surface area contributed by atoms with Crippen LogP contribution >= 0.6 is 11.6 Å². The predicted molar refractivity (Wildman–Crippen MR) is 110 cm³/mol. The van der Waals surface area contributed by atoms with Gasteiger partial charge in [-0.25, -0.2) is 4.68 Å². The highest BCUT2D eigenvalue weighted by Crippen LogP contribution is 2.35. The van der Waals surface area contributed by atoms with Crippen LogP contribution in [0, 0.1) is 0 Å². The molecule has 0 saturated carbocycles. The molecule has 0 aliphatic carbocycles. The van der Waals surface area contributed by atoms with Crippen molar-refractivity contribution in [2.75, 3.05) is 37.6 Å². The fraction of sp³-hybridized carbons (Fsp3) is 0.450. The maximum Gasteiger partial charge on any atom is 0.416 e. The van der Waals surface area contributed by atoms with E-state index in [0.29, 0.717) is 36.5 Å². The number of rotatable bonds is 4. The molecule has 2 saturated heterocycles. The molecule has 11 heteroatoms. The number of benzene rings is 1. The maximum atomic E-state index is 13.1. The van der Waals surface area contributed by atoms with E-state index in [2.05, 4.69) is 20.0 Å². The quantitative estimate of drug-likeness (QED) is 0.613. The monoisotopic (exact) mass is 452 g/mol. The SMILES string of the molecule is OC1(CN2CCCC2)CN(c2nc(Cl)nc3c2cnn3-c2cccc(C(F)(F)F)c2)C1. The van der Waals surface area contributed by atoms with E-state index >= 15 is 0 Å². The summed E-state index contributed by atoms with van der Waals surface area (Å²) in [6.07, 6.45) is -0.652. The van der Waals surface area contributed by atoms with Gasteiger partial charge in [0.05, 0.1) is 35.9 Å². The van der Waals surface area contributed by atoms with Gasteiger partial charge < -0.3 is 14.9 Å². The number of halogens is 4. The van der Waals surface area contributed by atoms with Crippen LogP contribution in [0.3, 0.4) is 0 Å². The van der Waals surface area contributed by atoms with Crippen LogP contribution < -0.4 is 4.90 Å². The first kappa shape index (κ1) is 20.5. The molecule has 3 aromatic rings. The Kier molecular flexibility index (Phi) is 4.83. The minimum absolute atomic E-state index is 0.0359. The third-order valence-corrected chi connectivity index (χ3v) is 5.95. The Morgan fingerprint density at radius 3 is 2.58 bits per heavy atom. The van der Waals surface area contributed by atoms with Crippen molar-refractivity contribution >= 4 is 28.5 Å². The normalized spacial score (nSPS) is 19.2. The number of hydrogen-bond donors (Lipinski definition) is 1. The number of β-amino-alcohol motifs (C(OH)–C–C–N with tert-alkyl or cyclic N) is 1. The lowest BCUT2D eigenvalue weighted by molar-refractivity contribution is -0.137. The van der Waals surface area contributed by atoms with Gasteiger partial charge >= 0.3 is 6.18 Å². The van der Waals surface area contributed by atoms with E-state index in [0.717, 1.165) is 38.1 Å². The highest BCUT2D eigenvalue weighted by molar-refractivity contribution is 6.28. The second-order valence-electron chi connectivity index (χ2n) is 8.22. The molecule has 0 unspecified atom stereocenters. The van der Waals surface area contributed by atoms with Crippen LogP contribution in [0.1, 0.15) is 18.4 Å². The summed E-state index contributed by atoms with van der Waals surface area (Å²) < 4.78 is 40.7. The Hall–Kier alpha value is -2.43. The lowest BCUT2D eigenvalue weighted by Gasteiger charge is -2.48. The first-order chi connectivity index (χ1) is 14.7. The van der Waals surface area contributed by atoms with Crippen LogP contribution in [0.2, 0.25) is 5.28 Å². The van der Waals surface area contributed by atoms with Gasteiger partial charge in [-0.1, -0.05) is 6.07 Å². The van der Waals surface area contributed by atoms with Crippen LogP contribution in [0.5, 0.6) is 0 Å². The standard InChI is InChI=1S/C20H20ClF3N6O/c21-18-26-16(29-11-19(31,12-29)10-28-6-1-2-7-28)15-9-25-30(17(15)27-18)14-5-3-4-13(8-14)20(22,23)24/h3-5,8-9,31H,1-2,6-7,10-12H2. The van der Waals surface area contributed by atoms with E-state index in [1.807, 2.05) is 4.90 Å². The molecular weight excluding hydrogens is 433 g/mol. The zero-order valence-electron chi connectivity index (χ0n) is 16.5. The summed E-state index contributed by atoms with van der Waals surface area (Å²) in [5, 5.41) is 15.6. The van der Waals surface area contributed by atoms with Gasteiger partial charge in [0.1, 0.15) is 11.4 Å². The summed E-state index contributed by atoms with van der Waals surface area (Å²) in [5.74, 6) is 0.513.